The first-order valence-corrected chi connectivity index (χ1v) is 9.17. The molecule has 1 aromatic rings. The molecule has 0 aliphatic carbocycles. The van der Waals surface area contributed by atoms with E-state index in [1.807, 2.05) is 0 Å². The first kappa shape index (κ1) is 16.9. The molecule has 0 unspecified atom stereocenters. The summed E-state index contributed by atoms with van der Waals surface area (Å²) in [6.45, 7) is 11.7. The van der Waals surface area contributed by atoms with Gasteiger partial charge in [0.15, 0.2) is 0 Å². The van der Waals surface area contributed by atoms with E-state index in [4.69, 9.17) is 0 Å². The van der Waals surface area contributed by atoms with Crippen molar-refractivity contribution in [1.82, 2.24) is 14.7 Å². The first-order valence-electron chi connectivity index (χ1n) is 9.17. The number of hydrogen-bond donors (Lipinski definition) is 0. The molecule has 0 atom stereocenters. The largest absolute Gasteiger partial charge is 0.306 e. The summed E-state index contributed by atoms with van der Waals surface area (Å²) in [7, 11) is 4.61. The Kier molecular flexibility index (Phi) is 5.10. The average molecular weight is 316 g/mol. The fraction of sp³-hybridized carbons (Fsp3) is 0.700. The number of nitrogens with zero attached hydrogens (tertiary/aromatic N) is 3. The third kappa shape index (κ3) is 3.78. The van der Waals surface area contributed by atoms with Gasteiger partial charge in [-0.15, -0.1) is 0 Å². The third-order valence-electron chi connectivity index (χ3n) is 6.19. The van der Waals surface area contributed by atoms with Crippen LogP contribution in [0.15, 0.2) is 18.2 Å². The Morgan fingerprint density at radius 1 is 0.957 bits per heavy atom. The van der Waals surface area contributed by atoms with E-state index in [9.17, 15) is 0 Å². The molecule has 0 amide bonds. The van der Waals surface area contributed by atoms with Gasteiger partial charge in [0, 0.05) is 18.6 Å². The number of benzene rings is 1. The summed E-state index contributed by atoms with van der Waals surface area (Å²) < 4.78 is 0. The number of hydrogen-bond acceptors (Lipinski definition) is 3. The molecule has 2 heterocycles. The minimum atomic E-state index is 0.392. The molecule has 1 aromatic carbocycles. The summed E-state index contributed by atoms with van der Waals surface area (Å²) in [5.74, 6) is 0. The van der Waals surface area contributed by atoms with Crippen LogP contribution in [-0.4, -0.2) is 67.1 Å². The smallest absolute Gasteiger partial charge is 0.0357 e. The van der Waals surface area contributed by atoms with Crippen LogP contribution in [0.3, 0.4) is 0 Å². The van der Waals surface area contributed by atoms with E-state index < -0.39 is 0 Å². The Morgan fingerprint density at radius 3 is 2.39 bits per heavy atom. The predicted molar refractivity (Wildman–Crippen MR) is 97.9 cm³/mol. The molecule has 0 aromatic heterocycles. The van der Waals surface area contributed by atoms with Crippen LogP contribution < -0.4 is 0 Å². The zero-order chi connectivity index (χ0) is 16.4. The van der Waals surface area contributed by atoms with Crippen molar-refractivity contribution in [1.29, 1.82) is 0 Å². The molecule has 2 aliphatic heterocycles. The van der Waals surface area contributed by atoms with Gasteiger partial charge in [-0.05, 0) is 90.1 Å². The summed E-state index contributed by atoms with van der Waals surface area (Å²) in [5, 5.41) is 0. The van der Waals surface area contributed by atoms with Gasteiger partial charge in [-0.3, -0.25) is 9.80 Å². The van der Waals surface area contributed by atoms with Crippen LogP contribution in [-0.2, 0) is 6.54 Å². The molecule has 2 aliphatic rings. The van der Waals surface area contributed by atoms with Crippen molar-refractivity contribution in [2.24, 2.45) is 0 Å². The summed E-state index contributed by atoms with van der Waals surface area (Å²) in [6, 6.07) is 6.98. The zero-order valence-electron chi connectivity index (χ0n) is 15.4. The fourth-order valence-corrected chi connectivity index (χ4v) is 4.25. The topological polar surface area (TPSA) is 9.72 Å². The molecule has 128 valence electrons. The molecule has 0 radical (unpaired) electrons. The quantitative estimate of drug-likeness (QED) is 0.831. The standard InChI is InChI=1S/C20H33N3/c1-17-6-7-19(14-18(17)2)15-23-11-5-10-22(4)20(16-23)8-12-21(3)13-9-20/h6-7,14H,5,8-13,15-16H2,1-4H3. The van der Waals surface area contributed by atoms with Crippen molar-refractivity contribution < 1.29 is 0 Å². The molecule has 0 saturated carbocycles. The normalized spacial score (nSPS) is 24.0. The second-order valence-electron chi connectivity index (χ2n) is 7.93. The van der Waals surface area contributed by atoms with Crippen molar-refractivity contribution in [3.63, 3.8) is 0 Å². The Balaban J connectivity index is 1.73. The van der Waals surface area contributed by atoms with Crippen LogP contribution in [0.2, 0.25) is 0 Å². The van der Waals surface area contributed by atoms with Crippen LogP contribution >= 0.6 is 0 Å². The fourth-order valence-electron chi connectivity index (χ4n) is 4.25. The van der Waals surface area contributed by atoms with E-state index >= 15 is 0 Å². The highest BCUT2D eigenvalue weighted by molar-refractivity contribution is 5.29. The van der Waals surface area contributed by atoms with E-state index in [2.05, 4.69) is 60.8 Å². The second-order valence-corrected chi connectivity index (χ2v) is 7.93. The van der Waals surface area contributed by atoms with Crippen LogP contribution in [0.1, 0.15) is 36.0 Å². The van der Waals surface area contributed by atoms with Gasteiger partial charge in [0.1, 0.15) is 0 Å². The van der Waals surface area contributed by atoms with Crippen molar-refractivity contribution in [3.8, 4) is 0 Å². The van der Waals surface area contributed by atoms with Crippen LogP contribution in [0.25, 0.3) is 0 Å². The highest BCUT2D eigenvalue weighted by Gasteiger charge is 2.40. The summed E-state index contributed by atoms with van der Waals surface area (Å²) in [5.41, 5.74) is 4.68. The molecule has 3 nitrogen and oxygen atoms in total. The predicted octanol–water partition coefficient (Wildman–Crippen LogP) is 2.91. The molecule has 3 rings (SSSR count). The minimum Gasteiger partial charge on any atom is -0.306 e. The molecule has 0 N–H and O–H groups in total. The Morgan fingerprint density at radius 2 is 1.70 bits per heavy atom. The number of likely N-dealkylation sites (tertiary alicyclic amines) is 1. The number of rotatable bonds is 2. The van der Waals surface area contributed by atoms with Gasteiger partial charge in [0.05, 0.1) is 0 Å². The maximum absolute atomic E-state index is 2.71. The lowest BCUT2D eigenvalue weighted by molar-refractivity contribution is 0.0337. The Bertz CT molecular complexity index is 532. The SMILES string of the molecule is Cc1ccc(CN2CCCN(C)C3(CCN(C)CC3)C2)cc1C. The summed E-state index contributed by atoms with van der Waals surface area (Å²) in [6.07, 6.45) is 3.91. The van der Waals surface area contributed by atoms with E-state index in [0.717, 1.165) is 6.54 Å². The van der Waals surface area contributed by atoms with Gasteiger partial charge in [0.25, 0.3) is 0 Å². The van der Waals surface area contributed by atoms with Crippen LogP contribution in [0, 0.1) is 13.8 Å². The number of piperidine rings is 1. The first-order chi connectivity index (χ1) is 11.0. The highest BCUT2D eigenvalue weighted by atomic mass is 15.3. The van der Waals surface area contributed by atoms with E-state index in [1.165, 1.54) is 68.7 Å². The lowest BCUT2D eigenvalue weighted by Crippen LogP contribution is -2.57. The molecule has 2 saturated heterocycles. The Hall–Kier alpha value is -0.900. The Labute approximate surface area is 142 Å². The molecule has 3 heteroatoms. The molecule has 23 heavy (non-hydrogen) atoms. The average Bonchev–Trinajstić information content (AvgIpc) is 2.66. The van der Waals surface area contributed by atoms with E-state index in [-0.39, 0.29) is 0 Å². The zero-order valence-corrected chi connectivity index (χ0v) is 15.4. The van der Waals surface area contributed by atoms with Gasteiger partial charge < -0.3 is 4.90 Å². The molecular formula is C20H33N3. The maximum atomic E-state index is 2.71. The summed E-state index contributed by atoms with van der Waals surface area (Å²) >= 11 is 0. The number of aryl methyl sites for hydroxylation is 2. The van der Waals surface area contributed by atoms with Crippen molar-refractivity contribution in [2.45, 2.75) is 45.2 Å². The highest BCUT2D eigenvalue weighted by Crippen LogP contribution is 2.31. The lowest BCUT2D eigenvalue weighted by Gasteiger charge is -2.47. The third-order valence-corrected chi connectivity index (χ3v) is 6.19. The van der Waals surface area contributed by atoms with E-state index in [1.54, 1.807) is 0 Å². The lowest BCUT2D eigenvalue weighted by atomic mass is 9.85. The van der Waals surface area contributed by atoms with Crippen molar-refractivity contribution >= 4 is 0 Å². The second kappa shape index (κ2) is 6.92. The number of likely N-dealkylation sites (N-methyl/N-ethyl adjacent to an activating group) is 1. The summed E-state index contributed by atoms with van der Waals surface area (Å²) in [4.78, 5) is 7.86. The maximum Gasteiger partial charge on any atom is 0.0357 e. The van der Waals surface area contributed by atoms with Gasteiger partial charge in [-0.25, -0.2) is 0 Å². The monoisotopic (exact) mass is 315 g/mol. The van der Waals surface area contributed by atoms with Gasteiger partial charge >= 0.3 is 0 Å². The van der Waals surface area contributed by atoms with Crippen molar-refractivity contribution in [3.05, 3.63) is 34.9 Å². The van der Waals surface area contributed by atoms with Gasteiger partial charge in [0.2, 0.25) is 0 Å². The van der Waals surface area contributed by atoms with Crippen molar-refractivity contribution in [2.75, 3.05) is 46.8 Å². The minimum absolute atomic E-state index is 0.392. The molecule has 0 bridgehead atoms. The van der Waals surface area contributed by atoms with Gasteiger partial charge in [-0.2, -0.15) is 0 Å². The molecule has 2 fully saturated rings. The van der Waals surface area contributed by atoms with Crippen LogP contribution in [0.5, 0.6) is 0 Å². The molecular weight excluding hydrogens is 282 g/mol. The van der Waals surface area contributed by atoms with E-state index in [0.29, 0.717) is 5.54 Å². The van der Waals surface area contributed by atoms with Crippen LogP contribution in [0.4, 0.5) is 0 Å². The molecule has 1 spiro atoms. The van der Waals surface area contributed by atoms with Gasteiger partial charge in [-0.1, -0.05) is 18.2 Å².